The summed E-state index contributed by atoms with van der Waals surface area (Å²) in [4.78, 5) is 27.4. The number of benzene rings is 1. The van der Waals surface area contributed by atoms with Gasteiger partial charge >= 0.3 is 5.00 Å². The Morgan fingerprint density at radius 2 is 2.05 bits per heavy atom. The summed E-state index contributed by atoms with van der Waals surface area (Å²) in [5, 5.41) is 30.6. The van der Waals surface area contributed by atoms with Gasteiger partial charge in [0.05, 0.1) is 9.85 Å². The van der Waals surface area contributed by atoms with Crippen LogP contribution in [0, 0.1) is 20.2 Å². The van der Waals surface area contributed by atoms with Gasteiger partial charge in [-0.05, 0) is 17.4 Å². The lowest BCUT2D eigenvalue weighted by molar-refractivity contribution is -0.384. The van der Waals surface area contributed by atoms with E-state index in [1.807, 2.05) is 0 Å². The topological polar surface area (TPSA) is 132 Å². The zero-order valence-corrected chi connectivity index (χ0v) is 10.5. The number of nitro groups is 2. The molecule has 1 heterocycles. The smallest absolute Gasteiger partial charge is 0.345 e. The van der Waals surface area contributed by atoms with Gasteiger partial charge in [0, 0.05) is 23.9 Å². The first kappa shape index (κ1) is 13.5. The van der Waals surface area contributed by atoms with Gasteiger partial charge in [0.25, 0.3) is 5.69 Å². The second-order valence-electron chi connectivity index (χ2n) is 3.50. The summed E-state index contributed by atoms with van der Waals surface area (Å²) in [6.45, 7) is 0. The van der Waals surface area contributed by atoms with Crippen LogP contribution in [0.1, 0.15) is 5.56 Å². The lowest BCUT2D eigenvalue weighted by Crippen LogP contribution is -1.90. The molecule has 0 fully saturated rings. The third-order valence-electron chi connectivity index (χ3n) is 2.20. The molecule has 0 atom stereocenters. The first-order valence-corrected chi connectivity index (χ1v) is 5.90. The summed E-state index contributed by atoms with van der Waals surface area (Å²) in [6.07, 6.45) is 2.22. The highest BCUT2D eigenvalue weighted by molar-refractivity contribution is 7.18. The summed E-state index contributed by atoms with van der Waals surface area (Å²) >= 11 is 0.753. The maximum atomic E-state index is 10.6. The van der Waals surface area contributed by atoms with E-state index in [-0.39, 0.29) is 27.1 Å². The van der Waals surface area contributed by atoms with Gasteiger partial charge in [-0.1, -0.05) is 0 Å². The summed E-state index contributed by atoms with van der Waals surface area (Å²) in [5.41, 5.74) is -0.0774. The molecule has 0 unspecified atom stereocenters. The Balaban J connectivity index is 2.28. The average molecular weight is 294 g/mol. The van der Waals surface area contributed by atoms with Crippen LogP contribution in [0.5, 0.6) is 5.75 Å². The molecule has 0 amide bonds. The largest absolute Gasteiger partial charge is 0.507 e. The normalized spacial score (nSPS) is 10.8. The average Bonchev–Trinajstić information content (AvgIpc) is 2.86. The number of hydrogen-bond donors (Lipinski definition) is 1. The van der Waals surface area contributed by atoms with Crippen LogP contribution in [-0.4, -0.2) is 26.2 Å². The molecule has 1 aromatic carbocycles. The van der Waals surface area contributed by atoms with Gasteiger partial charge in [-0.25, -0.2) is 9.98 Å². The molecular formula is C10H6N4O5S. The maximum Gasteiger partial charge on any atom is 0.345 e. The minimum absolute atomic E-state index is 0.114. The van der Waals surface area contributed by atoms with Crippen LogP contribution in [0.3, 0.4) is 0 Å². The summed E-state index contributed by atoms with van der Waals surface area (Å²) in [6, 6.07) is 3.46. The zero-order chi connectivity index (χ0) is 14.7. The zero-order valence-electron chi connectivity index (χ0n) is 9.66. The number of rotatable bonds is 4. The Morgan fingerprint density at radius 1 is 1.30 bits per heavy atom. The first-order chi connectivity index (χ1) is 9.47. The highest BCUT2D eigenvalue weighted by Gasteiger charge is 2.11. The van der Waals surface area contributed by atoms with Gasteiger partial charge < -0.3 is 5.11 Å². The van der Waals surface area contributed by atoms with E-state index in [4.69, 9.17) is 0 Å². The number of aromatic nitrogens is 1. The number of non-ortho nitro benzene ring substituents is 1. The molecule has 10 heteroatoms. The maximum absolute atomic E-state index is 10.6. The Morgan fingerprint density at radius 3 is 2.65 bits per heavy atom. The predicted molar refractivity (Wildman–Crippen MR) is 70.8 cm³/mol. The lowest BCUT2D eigenvalue weighted by Gasteiger charge is -1.97. The molecule has 0 bridgehead atoms. The fourth-order valence-electron chi connectivity index (χ4n) is 1.28. The molecule has 1 N–H and O–H groups in total. The number of aromatic hydroxyl groups is 1. The van der Waals surface area contributed by atoms with Crippen molar-refractivity contribution in [3.05, 3.63) is 50.2 Å². The van der Waals surface area contributed by atoms with E-state index in [1.54, 1.807) is 0 Å². The Bertz CT molecular complexity index is 711. The molecule has 2 aromatic rings. The molecule has 0 aliphatic heterocycles. The first-order valence-electron chi connectivity index (χ1n) is 5.09. The van der Waals surface area contributed by atoms with Crippen molar-refractivity contribution < 1.29 is 15.0 Å². The lowest BCUT2D eigenvalue weighted by atomic mass is 10.2. The van der Waals surface area contributed by atoms with Crippen LogP contribution in [0.25, 0.3) is 0 Å². The summed E-state index contributed by atoms with van der Waals surface area (Å²) < 4.78 is 0. The summed E-state index contributed by atoms with van der Waals surface area (Å²) in [7, 11) is 0. The van der Waals surface area contributed by atoms with E-state index >= 15 is 0 Å². The van der Waals surface area contributed by atoms with Gasteiger partial charge in [-0.2, -0.15) is 0 Å². The number of thiazole rings is 1. The predicted octanol–water partition coefficient (Wildman–Crippen LogP) is 2.42. The molecule has 0 saturated carbocycles. The standard InChI is InChI=1S/C10H6N4O5S/c15-8-2-1-7(13(16)17)3-6(8)4-11-10-12-5-9(20-10)14(18)19/h1-5,15H/b11-4-. The Labute approximate surface area is 115 Å². The second kappa shape index (κ2) is 5.40. The Kier molecular flexibility index (Phi) is 3.66. The van der Waals surface area contributed by atoms with Crippen molar-refractivity contribution in [3.63, 3.8) is 0 Å². The van der Waals surface area contributed by atoms with Crippen LogP contribution < -0.4 is 0 Å². The van der Waals surface area contributed by atoms with Crippen molar-refractivity contribution in [3.8, 4) is 5.75 Å². The third-order valence-corrected chi connectivity index (χ3v) is 3.05. The van der Waals surface area contributed by atoms with Crippen LogP contribution in [0.2, 0.25) is 0 Å². The molecule has 102 valence electrons. The van der Waals surface area contributed by atoms with E-state index in [0.717, 1.165) is 35.9 Å². The van der Waals surface area contributed by atoms with E-state index in [1.165, 1.54) is 6.07 Å². The highest BCUT2D eigenvalue weighted by Crippen LogP contribution is 2.28. The second-order valence-corrected chi connectivity index (χ2v) is 4.48. The van der Waals surface area contributed by atoms with Crippen molar-refractivity contribution in [1.82, 2.24) is 4.98 Å². The van der Waals surface area contributed by atoms with Crippen LogP contribution in [0.4, 0.5) is 15.8 Å². The van der Waals surface area contributed by atoms with Gasteiger partial charge in [0.15, 0.2) is 0 Å². The molecule has 0 aliphatic rings. The van der Waals surface area contributed by atoms with Crippen LogP contribution in [-0.2, 0) is 0 Å². The van der Waals surface area contributed by atoms with Crippen molar-refractivity contribution in [2.45, 2.75) is 0 Å². The quantitative estimate of drug-likeness (QED) is 0.523. The van der Waals surface area contributed by atoms with Crippen molar-refractivity contribution in [1.29, 1.82) is 0 Å². The molecule has 2 rings (SSSR count). The molecule has 0 saturated heterocycles. The van der Waals surface area contributed by atoms with E-state index < -0.39 is 9.85 Å². The van der Waals surface area contributed by atoms with Gasteiger partial charge in [-0.3, -0.25) is 20.2 Å². The van der Waals surface area contributed by atoms with Crippen LogP contribution >= 0.6 is 11.3 Å². The highest BCUT2D eigenvalue weighted by atomic mass is 32.1. The molecule has 0 aliphatic carbocycles. The van der Waals surface area contributed by atoms with Gasteiger partial charge in [-0.15, -0.1) is 0 Å². The number of aliphatic imine (C=N–C) groups is 1. The van der Waals surface area contributed by atoms with Crippen LogP contribution in [0.15, 0.2) is 29.4 Å². The minimum Gasteiger partial charge on any atom is -0.507 e. The molecule has 0 radical (unpaired) electrons. The molecular weight excluding hydrogens is 288 g/mol. The number of phenolic OH excluding ortho intramolecular Hbond substituents is 1. The number of nitrogens with zero attached hydrogens (tertiary/aromatic N) is 4. The third kappa shape index (κ3) is 2.92. The summed E-state index contributed by atoms with van der Waals surface area (Å²) in [5.74, 6) is -0.189. The fourth-order valence-corrected chi connectivity index (χ4v) is 1.86. The van der Waals surface area contributed by atoms with Crippen molar-refractivity contribution >= 4 is 33.4 Å². The van der Waals surface area contributed by atoms with Gasteiger partial charge in [0.2, 0.25) is 5.13 Å². The molecule has 0 spiro atoms. The fraction of sp³-hybridized carbons (Fsp3) is 0. The SMILES string of the molecule is O=[N+]([O-])c1ccc(O)c(/C=N\c2ncc([N+](=O)[O-])s2)c1. The molecule has 1 aromatic heterocycles. The van der Waals surface area contributed by atoms with E-state index in [0.29, 0.717) is 0 Å². The number of hydrogen-bond acceptors (Lipinski definition) is 8. The van der Waals surface area contributed by atoms with E-state index in [9.17, 15) is 25.3 Å². The number of phenols is 1. The molecule has 20 heavy (non-hydrogen) atoms. The number of nitro benzene ring substituents is 1. The Hall–Kier alpha value is -2.88. The van der Waals surface area contributed by atoms with Crippen molar-refractivity contribution in [2.24, 2.45) is 4.99 Å². The van der Waals surface area contributed by atoms with E-state index in [2.05, 4.69) is 9.98 Å². The van der Waals surface area contributed by atoms with Crippen molar-refractivity contribution in [2.75, 3.05) is 0 Å². The molecule has 9 nitrogen and oxygen atoms in total. The monoisotopic (exact) mass is 294 g/mol. The van der Waals surface area contributed by atoms with Gasteiger partial charge in [0.1, 0.15) is 11.9 Å². The minimum atomic E-state index is -0.606.